The average molecular weight is 448 g/mol. The second-order valence-corrected chi connectivity index (χ2v) is 11.5. The number of rotatable bonds is 5. The first-order valence-electron chi connectivity index (χ1n) is 12.8. The molecule has 5 nitrogen and oxygen atoms in total. The molecule has 5 heteroatoms. The quantitative estimate of drug-likeness (QED) is 0.582. The zero-order valence-corrected chi connectivity index (χ0v) is 20.3. The molecule has 0 spiro atoms. The summed E-state index contributed by atoms with van der Waals surface area (Å²) >= 11 is 0. The van der Waals surface area contributed by atoms with E-state index in [9.17, 15) is 9.90 Å². The minimum atomic E-state index is 0.0256. The van der Waals surface area contributed by atoms with Gasteiger partial charge in [-0.15, -0.1) is 0 Å². The van der Waals surface area contributed by atoms with Crippen LogP contribution in [-0.4, -0.2) is 21.0 Å². The number of fused-ring (bicyclic) bond motifs is 5. The zero-order chi connectivity index (χ0) is 23.2. The van der Waals surface area contributed by atoms with Gasteiger partial charge in [-0.1, -0.05) is 33.6 Å². The molecule has 2 fully saturated rings. The summed E-state index contributed by atoms with van der Waals surface area (Å²) in [6, 6.07) is 5.56. The highest BCUT2D eigenvalue weighted by molar-refractivity contribution is 5.90. The molecule has 3 aliphatic carbocycles. The number of phenols is 1. The maximum atomic E-state index is 12.7. The van der Waals surface area contributed by atoms with Gasteiger partial charge >= 0.3 is 0 Å². The van der Waals surface area contributed by atoms with Crippen LogP contribution in [0, 0.1) is 23.2 Å². The Kier molecular flexibility index (Phi) is 5.92. The summed E-state index contributed by atoms with van der Waals surface area (Å²) in [7, 11) is 0. The van der Waals surface area contributed by atoms with Crippen LogP contribution in [0.1, 0.15) is 82.7 Å². The van der Waals surface area contributed by atoms with Gasteiger partial charge in [0.15, 0.2) is 5.82 Å². The van der Waals surface area contributed by atoms with E-state index in [4.69, 9.17) is 9.97 Å². The van der Waals surface area contributed by atoms with Crippen molar-refractivity contribution in [3.63, 3.8) is 0 Å². The number of hydrogen-bond acceptors (Lipinski definition) is 4. The fourth-order valence-corrected chi connectivity index (χ4v) is 6.89. The molecule has 2 N–H and O–H groups in total. The molecule has 3 atom stereocenters. The number of nitrogens with zero attached hydrogens (tertiary/aromatic N) is 2. The van der Waals surface area contributed by atoms with Crippen molar-refractivity contribution in [3.05, 3.63) is 35.2 Å². The van der Waals surface area contributed by atoms with Crippen LogP contribution >= 0.6 is 0 Å². The zero-order valence-electron chi connectivity index (χ0n) is 20.3. The second-order valence-electron chi connectivity index (χ2n) is 11.5. The van der Waals surface area contributed by atoms with Crippen LogP contribution in [-0.2, 0) is 24.1 Å². The van der Waals surface area contributed by atoms with E-state index >= 15 is 0 Å². The van der Waals surface area contributed by atoms with Gasteiger partial charge in [0.1, 0.15) is 5.75 Å². The summed E-state index contributed by atoms with van der Waals surface area (Å²) in [5.41, 5.74) is 5.29. The SMILES string of the molecule is CC(C)CC(=O)Nc1nc2c(nc1CC13CCCC(CC(C)C1)C3)-c1ccc(O)cc1CC2. The molecule has 5 rings (SSSR count). The van der Waals surface area contributed by atoms with Gasteiger partial charge < -0.3 is 10.4 Å². The van der Waals surface area contributed by atoms with E-state index in [0.29, 0.717) is 23.9 Å². The number of amides is 1. The highest BCUT2D eigenvalue weighted by atomic mass is 16.3. The maximum Gasteiger partial charge on any atom is 0.225 e. The molecule has 3 aliphatic rings. The molecule has 3 unspecified atom stereocenters. The van der Waals surface area contributed by atoms with Gasteiger partial charge in [0.05, 0.1) is 17.1 Å². The van der Waals surface area contributed by atoms with E-state index in [1.807, 2.05) is 12.1 Å². The minimum absolute atomic E-state index is 0.0256. The van der Waals surface area contributed by atoms with Crippen LogP contribution in [0.25, 0.3) is 11.3 Å². The molecular weight excluding hydrogens is 410 g/mol. The van der Waals surface area contributed by atoms with Crippen LogP contribution in [0.3, 0.4) is 0 Å². The summed E-state index contributed by atoms with van der Waals surface area (Å²) in [4.78, 5) is 23.0. The number of phenolic OH excluding ortho intramolecular Hbond substituents is 1. The lowest BCUT2D eigenvalue weighted by Gasteiger charge is -2.48. The Bertz CT molecular complexity index is 1060. The van der Waals surface area contributed by atoms with E-state index in [2.05, 4.69) is 26.1 Å². The third kappa shape index (κ3) is 4.64. The van der Waals surface area contributed by atoms with E-state index in [1.54, 1.807) is 6.07 Å². The lowest BCUT2D eigenvalue weighted by molar-refractivity contribution is -0.116. The van der Waals surface area contributed by atoms with Gasteiger partial charge in [-0.25, -0.2) is 9.97 Å². The molecule has 0 radical (unpaired) electrons. The van der Waals surface area contributed by atoms with E-state index < -0.39 is 0 Å². The topological polar surface area (TPSA) is 75.1 Å². The summed E-state index contributed by atoms with van der Waals surface area (Å²) < 4.78 is 0. The van der Waals surface area contributed by atoms with Gasteiger partial charge in [-0.05, 0) is 91.9 Å². The third-order valence-electron chi connectivity index (χ3n) is 7.97. The lowest BCUT2D eigenvalue weighted by Crippen LogP contribution is -2.38. The van der Waals surface area contributed by atoms with Crippen molar-refractivity contribution in [1.29, 1.82) is 0 Å². The Labute approximate surface area is 197 Å². The van der Waals surface area contributed by atoms with Crippen molar-refractivity contribution in [3.8, 4) is 17.0 Å². The highest BCUT2D eigenvalue weighted by Crippen LogP contribution is 2.53. The van der Waals surface area contributed by atoms with Gasteiger partial charge in [0.2, 0.25) is 5.91 Å². The van der Waals surface area contributed by atoms with Crippen LogP contribution in [0.15, 0.2) is 18.2 Å². The van der Waals surface area contributed by atoms with Crippen molar-refractivity contribution in [1.82, 2.24) is 9.97 Å². The first-order valence-corrected chi connectivity index (χ1v) is 12.8. The number of aromatic nitrogens is 2. The van der Waals surface area contributed by atoms with E-state index in [-0.39, 0.29) is 11.3 Å². The number of carbonyl (C=O) groups excluding carboxylic acids is 1. The fourth-order valence-electron chi connectivity index (χ4n) is 6.89. The summed E-state index contributed by atoms with van der Waals surface area (Å²) in [5.74, 6) is 2.88. The Hall–Kier alpha value is -2.43. The van der Waals surface area contributed by atoms with Gasteiger partial charge in [0.25, 0.3) is 0 Å². The number of aryl methyl sites for hydroxylation is 2. The second kappa shape index (κ2) is 8.73. The molecule has 1 amide bonds. The largest absolute Gasteiger partial charge is 0.508 e. The third-order valence-corrected chi connectivity index (χ3v) is 7.97. The molecular formula is C28H37N3O2. The van der Waals surface area contributed by atoms with Crippen LogP contribution in [0.2, 0.25) is 0 Å². The Morgan fingerprint density at radius 1 is 1.24 bits per heavy atom. The number of anilines is 1. The molecule has 1 aromatic heterocycles. The first kappa shape index (κ1) is 22.4. The highest BCUT2D eigenvalue weighted by Gasteiger charge is 2.42. The molecule has 2 aromatic rings. The Morgan fingerprint density at radius 2 is 2.09 bits per heavy atom. The normalized spacial score (nSPS) is 25.9. The molecule has 2 bridgehead atoms. The number of nitrogens with one attached hydrogen (secondary N) is 1. The molecule has 2 saturated carbocycles. The van der Waals surface area contributed by atoms with Crippen LogP contribution < -0.4 is 5.32 Å². The molecule has 33 heavy (non-hydrogen) atoms. The minimum Gasteiger partial charge on any atom is -0.508 e. The molecule has 1 heterocycles. The van der Waals surface area contributed by atoms with Crippen LogP contribution in [0.5, 0.6) is 5.75 Å². The fraction of sp³-hybridized carbons (Fsp3) is 0.607. The standard InChI is InChI=1S/C28H37N3O2/c1-17(2)11-25(33)31-27-24(16-28-10-4-5-19(15-28)12-18(3)14-28)29-26-22-8-7-21(32)13-20(22)6-9-23(26)30-27/h7-8,13,17-19,32H,4-6,9-12,14-16H2,1-3H3,(H,30,31,33). The van der Waals surface area contributed by atoms with Crippen molar-refractivity contribution >= 4 is 11.7 Å². The maximum absolute atomic E-state index is 12.7. The monoisotopic (exact) mass is 447 g/mol. The molecule has 176 valence electrons. The predicted molar refractivity (Wildman–Crippen MR) is 131 cm³/mol. The molecule has 0 aliphatic heterocycles. The Balaban J connectivity index is 1.55. The van der Waals surface area contributed by atoms with Crippen LogP contribution in [0.4, 0.5) is 5.82 Å². The number of hydrogen-bond donors (Lipinski definition) is 2. The number of benzene rings is 1. The van der Waals surface area contributed by atoms with Gasteiger partial charge in [-0.3, -0.25) is 4.79 Å². The summed E-state index contributed by atoms with van der Waals surface area (Å²) in [6.45, 7) is 6.53. The molecule has 0 saturated heterocycles. The van der Waals surface area contributed by atoms with Crippen molar-refractivity contribution in [2.24, 2.45) is 23.2 Å². The van der Waals surface area contributed by atoms with E-state index in [0.717, 1.165) is 59.3 Å². The van der Waals surface area contributed by atoms with Gasteiger partial charge in [-0.2, -0.15) is 0 Å². The smallest absolute Gasteiger partial charge is 0.225 e. The lowest BCUT2D eigenvalue weighted by atomic mass is 9.57. The van der Waals surface area contributed by atoms with Crippen molar-refractivity contribution < 1.29 is 9.90 Å². The first-order chi connectivity index (χ1) is 15.8. The van der Waals surface area contributed by atoms with Crippen molar-refractivity contribution in [2.75, 3.05) is 5.32 Å². The average Bonchev–Trinajstić information content (AvgIpc) is 2.72. The number of aromatic hydroxyl groups is 1. The van der Waals surface area contributed by atoms with Crippen molar-refractivity contribution in [2.45, 2.75) is 85.0 Å². The summed E-state index contributed by atoms with van der Waals surface area (Å²) in [5, 5.41) is 13.1. The number of carbonyl (C=O) groups is 1. The van der Waals surface area contributed by atoms with Gasteiger partial charge in [0, 0.05) is 12.0 Å². The van der Waals surface area contributed by atoms with E-state index in [1.165, 1.54) is 38.5 Å². The molecule has 1 aromatic carbocycles. The predicted octanol–water partition coefficient (Wildman–Crippen LogP) is 6.08. The Morgan fingerprint density at radius 3 is 2.91 bits per heavy atom. The summed E-state index contributed by atoms with van der Waals surface area (Å²) in [6.07, 6.45) is 10.8.